The molecule has 0 aliphatic carbocycles. The maximum atomic E-state index is 11.8. The van der Waals surface area contributed by atoms with Crippen LogP contribution in [0.1, 0.15) is 83.6 Å². The predicted molar refractivity (Wildman–Crippen MR) is 133 cm³/mol. The van der Waals surface area contributed by atoms with Crippen LogP contribution in [0.4, 0.5) is 5.69 Å². The molecule has 0 N–H and O–H groups in total. The molecule has 1 aliphatic rings. The molecule has 0 bridgehead atoms. The summed E-state index contributed by atoms with van der Waals surface area (Å²) in [5, 5.41) is 9.24. The van der Waals surface area contributed by atoms with E-state index in [9.17, 15) is 10.1 Å². The summed E-state index contributed by atoms with van der Waals surface area (Å²) in [5.74, 6) is -0.581. The normalized spacial score (nSPS) is 14.3. The van der Waals surface area contributed by atoms with Gasteiger partial charge in [0.05, 0.1) is 6.61 Å². The molecule has 1 aromatic rings. The molecule has 1 aromatic carbocycles. The smallest absolute Gasteiger partial charge is 0.348 e. The van der Waals surface area contributed by atoms with Crippen molar-refractivity contribution in [2.24, 2.45) is 0 Å². The van der Waals surface area contributed by atoms with Gasteiger partial charge in [-0.15, -0.1) is 0 Å². The Hall–Kier alpha value is -2.80. The van der Waals surface area contributed by atoms with Crippen molar-refractivity contribution in [3.05, 3.63) is 59.8 Å². The quantitative estimate of drug-likeness (QED) is 0.133. The number of nitriles is 1. The largest absolute Gasteiger partial charge is 0.462 e. The van der Waals surface area contributed by atoms with Gasteiger partial charge >= 0.3 is 5.97 Å². The summed E-state index contributed by atoms with van der Waals surface area (Å²) in [6.45, 7) is 5.25. The molecule has 1 aliphatic heterocycles. The van der Waals surface area contributed by atoms with Gasteiger partial charge in [0, 0.05) is 24.0 Å². The number of esters is 1. The number of para-hydroxylation sites is 1. The van der Waals surface area contributed by atoms with Crippen LogP contribution < -0.4 is 4.90 Å². The first-order valence-corrected chi connectivity index (χ1v) is 12.2. The Morgan fingerprint density at radius 1 is 1.00 bits per heavy atom. The minimum atomic E-state index is -0.581. The number of nitrogens with zero attached hydrogens (tertiary/aromatic N) is 2. The van der Waals surface area contributed by atoms with Crippen molar-refractivity contribution < 1.29 is 9.53 Å². The third-order valence-corrected chi connectivity index (χ3v) is 5.76. The van der Waals surface area contributed by atoms with Crippen LogP contribution in [0.3, 0.4) is 0 Å². The molecule has 0 spiro atoms. The molecular weight excluding hydrogens is 396 g/mol. The fourth-order valence-corrected chi connectivity index (χ4v) is 3.95. The average Bonchev–Trinajstić information content (AvgIpc) is 2.81. The maximum absolute atomic E-state index is 11.8. The molecule has 0 fully saturated rings. The lowest BCUT2D eigenvalue weighted by molar-refractivity contribution is -0.138. The Kier molecular flexibility index (Phi) is 12.0. The van der Waals surface area contributed by atoms with Crippen LogP contribution in [0.15, 0.2) is 54.3 Å². The highest BCUT2D eigenvalue weighted by Crippen LogP contribution is 2.33. The van der Waals surface area contributed by atoms with Crippen molar-refractivity contribution in [2.45, 2.75) is 78.1 Å². The maximum Gasteiger partial charge on any atom is 0.348 e. The lowest BCUT2D eigenvalue weighted by atomic mass is 9.98. The summed E-state index contributed by atoms with van der Waals surface area (Å²) in [6.07, 6.45) is 20.9. The van der Waals surface area contributed by atoms with Gasteiger partial charge in [0.2, 0.25) is 0 Å². The van der Waals surface area contributed by atoms with Crippen molar-refractivity contribution in [1.29, 1.82) is 5.26 Å². The lowest BCUT2D eigenvalue weighted by Gasteiger charge is -2.27. The molecular formula is C28H38N2O2. The molecule has 0 saturated heterocycles. The zero-order valence-electron chi connectivity index (χ0n) is 19.8. The standard InChI is InChI=1S/C28H38N2O2/c1-3-5-6-7-8-9-10-11-12-15-21-30-22-20-24(26-16-13-14-17-27(26)30)18-19-25(23-29)28(31)32-4-2/h13-14,16-20,22H,3-12,15,21H2,1-2H3/b24-18+,25-19-. The highest BCUT2D eigenvalue weighted by atomic mass is 16.5. The number of benzene rings is 1. The topological polar surface area (TPSA) is 53.3 Å². The first-order valence-electron chi connectivity index (χ1n) is 12.2. The van der Waals surface area contributed by atoms with Crippen molar-refractivity contribution in [3.63, 3.8) is 0 Å². The minimum Gasteiger partial charge on any atom is -0.462 e. The second-order valence-electron chi connectivity index (χ2n) is 8.24. The molecule has 1 heterocycles. The number of hydrogen-bond donors (Lipinski definition) is 0. The third-order valence-electron chi connectivity index (χ3n) is 5.76. The summed E-state index contributed by atoms with van der Waals surface area (Å²) >= 11 is 0. The number of hydrogen-bond acceptors (Lipinski definition) is 4. The van der Waals surface area contributed by atoms with Crippen LogP contribution in [0.25, 0.3) is 5.57 Å². The summed E-state index contributed by atoms with van der Waals surface area (Å²) in [7, 11) is 0. The van der Waals surface area contributed by atoms with E-state index in [0.717, 1.165) is 17.7 Å². The fraction of sp³-hybridized carbons (Fsp3) is 0.500. The fourth-order valence-electron chi connectivity index (χ4n) is 3.95. The summed E-state index contributed by atoms with van der Waals surface area (Å²) in [4.78, 5) is 14.2. The van der Waals surface area contributed by atoms with Crippen LogP contribution in [0, 0.1) is 11.3 Å². The van der Waals surface area contributed by atoms with Crippen molar-refractivity contribution in [3.8, 4) is 6.07 Å². The van der Waals surface area contributed by atoms with Crippen LogP contribution >= 0.6 is 0 Å². The van der Waals surface area contributed by atoms with E-state index in [0.29, 0.717) is 0 Å². The molecule has 0 unspecified atom stereocenters. The molecule has 0 amide bonds. The van der Waals surface area contributed by atoms with Crippen molar-refractivity contribution >= 4 is 17.2 Å². The number of anilines is 1. The van der Waals surface area contributed by atoms with E-state index in [2.05, 4.69) is 42.3 Å². The van der Waals surface area contributed by atoms with Gasteiger partial charge in [0.15, 0.2) is 0 Å². The second kappa shape index (κ2) is 15.1. The average molecular weight is 435 g/mol. The Labute approximate surface area is 194 Å². The van der Waals surface area contributed by atoms with Crippen molar-refractivity contribution in [1.82, 2.24) is 0 Å². The Morgan fingerprint density at radius 3 is 2.31 bits per heavy atom. The van der Waals surface area contributed by atoms with Gasteiger partial charge in [-0.2, -0.15) is 5.26 Å². The summed E-state index contributed by atoms with van der Waals surface area (Å²) in [6, 6.07) is 10.2. The molecule has 32 heavy (non-hydrogen) atoms. The molecule has 4 heteroatoms. The number of fused-ring (bicyclic) bond motifs is 1. The molecule has 0 aromatic heterocycles. The highest BCUT2D eigenvalue weighted by Gasteiger charge is 2.15. The third kappa shape index (κ3) is 8.38. The summed E-state index contributed by atoms with van der Waals surface area (Å²) in [5.41, 5.74) is 3.27. The van der Waals surface area contributed by atoms with Gasteiger partial charge in [-0.1, -0.05) is 89.0 Å². The Balaban J connectivity index is 1.88. The molecule has 0 saturated carbocycles. The van der Waals surface area contributed by atoms with Gasteiger partial charge in [-0.05, 0) is 37.1 Å². The lowest BCUT2D eigenvalue weighted by Crippen LogP contribution is -2.21. The number of carbonyl (C=O) groups excluding carboxylic acids is 1. The van der Waals surface area contributed by atoms with E-state index in [4.69, 9.17) is 4.74 Å². The van der Waals surface area contributed by atoms with Crippen LogP contribution in [-0.4, -0.2) is 19.1 Å². The van der Waals surface area contributed by atoms with E-state index >= 15 is 0 Å². The number of rotatable bonds is 14. The van der Waals surface area contributed by atoms with Crippen LogP contribution in [0.2, 0.25) is 0 Å². The van der Waals surface area contributed by atoms with Crippen LogP contribution in [0.5, 0.6) is 0 Å². The van der Waals surface area contributed by atoms with Crippen LogP contribution in [-0.2, 0) is 9.53 Å². The number of allylic oxidation sites excluding steroid dienone is 4. The van der Waals surface area contributed by atoms with E-state index in [1.165, 1.54) is 69.9 Å². The zero-order valence-corrected chi connectivity index (χ0v) is 19.8. The Morgan fingerprint density at radius 2 is 1.66 bits per heavy atom. The zero-order chi connectivity index (χ0) is 23.0. The summed E-state index contributed by atoms with van der Waals surface area (Å²) < 4.78 is 4.94. The predicted octanol–water partition coefficient (Wildman–Crippen LogP) is 7.34. The van der Waals surface area contributed by atoms with E-state index in [1.54, 1.807) is 13.0 Å². The van der Waals surface area contributed by atoms with Gasteiger partial charge in [0.25, 0.3) is 0 Å². The minimum absolute atomic E-state index is 0.0121. The monoisotopic (exact) mass is 434 g/mol. The van der Waals surface area contributed by atoms with Gasteiger partial charge in [-0.3, -0.25) is 0 Å². The molecule has 4 nitrogen and oxygen atoms in total. The first kappa shape index (κ1) is 25.5. The van der Waals surface area contributed by atoms with Gasteiger partial charge in [0.1, 0.15) is 11.6 Å². The Bertz CT molecular complexity index is 845. The molecule has 0 radical (unpaired) electrons. The molecule has 172 valence electrons. The second-order valence-corrected chi connectivity index (χ2v) is 8.24. The van der Waals surface area contributed by atoms with Gasteiger partial charge < -0.3 is 9.64 Å². The van der Waals surface area contributed by atoms with E-state index in [-0.39, 0.29) is 12.2 Å². The first-order chi connectivity index (χ1) is 15.7. The van der Waals surface area contributed by atoms with E-state index < -0.39 is 5.97 Å². The highest BCUT2D eigenvalue weighted by molar-refractivity contribution is 5.94. The van der Waals surface area contributed by atoms with Gasteiger partial charge in [-0.25, -0.2) is 4.79 Å². The molecule has 2 rings (SSSR count). The van der Waals surface area contributed by atoms with Crippen molar-refractivity contribution in [2.75, 3.05) is 18.1 Å². The number of carbonyl (C=O) groups is 1. The SMILES string of the molecule is CCCCCCCCCCCCN1C=C/C(=C\C=C(\C#N)C(=O)OCC)c2ccccc21. The van der Waals surface area contributed by atoms with E-state index in [1.807, 2.05) is 18.2 Å². The molecule has 0 atom stereocenters. The number of ether oxygens (including phenoxy) is 1. The number of unbranched alkanes of at least 4 members (excludes halogenated alkanes) is 9.